The molecule has 1 N–H and O–H groups in total. The first-order valence-electron chi connectivity index (χ1n) is 14.1. The Kier molecular flexibility index (Phi) is 6.49. The molecule has 0 radical (unpaired) electrons. The van der Waals surface area contributed by atoms with Crippen LogP contribution >= 0.6 is 0 Å². The van der Waals surface area contributed by atoms with E-state index in [1.54, 1.807) is 0 Å². The van der Waals surface area contributed by atoms with Crippen molar-refractivity contribution in [1.82, 2.24) is 0 Å². The summed E-state index contributed by atoms with van der Waals surface area (Å²) in [6.07, 6.45) is 5.41. The fourth-order valence-electron chi connectivity index (χ4n) is 9.61. The molecule has 0 aromatic carbocycles. The number of allylic oxidation sites excluding steroid dienone is 1. The summed E-state index contributed by atoms with van der Waals surface area (Å²) in [4.78, 5) is 0. The van der Waals surface area contributed by atoms with Crippen molar-refractivity contribution in [2.24, 2.45) is 40.4 Å². The normalized spacial score (nSPS) is 46.1. The summed E-state index contributed by atoms with van der Waals surface area (Å²) in [5.74, 6) is 2.53. The first-order valence-corrected chi connectivity index (χ1v) is 14.1. The maximum atomic E-state index is 12.7. The number of halogens is 3. The van der Waals surface area contributed by atoms with E-state index in [0.717, 1.165) is 19.3 Å². The quantitative estimate of drug-likeness (QED) is 0.401. The molecule has 35 heavy (non-hydrogen) atoms. The number of fused-ring (bicyclic) bond motifs is 7. The van der Waals surface area contributed by atoms with Crippen molar-refractivity contribution in [1.29, 1.82) is 0 Å². The van der Waals surface area contributed by atoms with Gasteiger partial charge in [-0.05, 0) is 111 Å². The Hall–Kier alpha value is -0.590. The second-order valence-electron chi connectivity index (χ2n) is 13.5. The van der Waals surface area contributed by atoms with E-state index in [-0.39, 0.29) is 29.5 Å². The Balaban J connectivity index is 1.28. The summed E-state index contributed by atoms with van der Waals surface area (Å²) in [6.45, 7) is 11.3. The Morgan fingerprint density at radius 2 is 1.74 bits per heavy atom. The maximum Gasteiger partial charge on any atom is 0.414 e. The van der Waals surface area contributed by atoms with Gasteiger partial charge in [-0.1, -0.05) is 39.7 Å². The zero-order valence-corrected chi connectivity index (χ0v) is 22.2. The Morgan fingerprint density at radius 1 is 1.00 bits per heavy atom. The fraction of sp³-hybridized carbons (Fsp3) is 0.931. The number of aliphatic hydroxyl groups excluding tert-OH is 1. The molecule has 3 saturated carbocycles. The van der Waals surface area contributed by atoms with E-state index in [1.165, 1.54) is 37.7 Å². The Labute approximate surface area is 209 Å². The van der Waals surface area contributed by atoms with Crippen molar-refractivity contribution in [3.05, 3.63) is 11.6 Å². The smallest absolute Gasteiger partial charge is 0.384 e. The van der Waals surface area contributed by atoms with Crippen LogP contribution < -0.4 is 0 Å². The lowest BCUT2D eigenvalue weighted by molar-refractivity contribution is -0.205. The van der Waals surface area contributed by atoms with E-state index < -0.39 is 18.1 Å². The molecule has 1 heterocycles. The SMILES string of the molecule is C[C@H](CCCC(O)C(F)(F)F)[C@H]1CC[C@H]2[C@@H]3CC=C4[C@H]5OC(C)(C)O[C@H]5CC[C@]4(C)[C@H]3CC[C@]12C. The molecule has 0 spiro atoms. The lowest BCUT2D eigenvalue weighted by atomic mass is 9.46. The molecular formula is C29H45F3O3. The van der Waals surface area contributed by atoms with Gasteiger partial charge >= 0.3 is 6.18 Å². The van der Waals surface area contributed by atoms with E-state index in [0.29, 0.717) is 36.0 Å². The van der Waals surface area contributed by atoms with Crippen LogP contribution in [0.3, 0.4) is 0 Å². The third kappa shape index (κ3) is 4.31. The van der Waals surface area contributed by atoms with Gasteiger partial charge in [0.15, 0.2) is 5.79 Å². The summed E-state index contributed by atoms with van der Waals surface area (Å²) in [5, 5.41) is 9.39. The molecule has 4 aliphatic carbocycles. The van der Waals surface area contributed by atoms with Gasteiger partial charge in [-0.15, -0.1) is 0 Å². The van der Waals surface area contributed by atoms with E-state index in [9.17, 15) is 18.3 Å². The highest BCUT2D eigenvalue weighted by Gasteiger charge is 2.61. The van der Waals surface area contributed by atoms with Gasteiger partial charge in [0.1, 0.15) is 12.2 Å². The summed E-state index contributed by atoms with van der Waals surface area (Å²) in [5.41, 5.74) is 1.96. The first kappa shape index (κ1) is 26.0. The Bertz CT molecular complexity index is 838. The van der Waals surface area contributed by atoms with Gasteiger partial charge in [0.2, 0.25) is 0 Å². The van der Waals surface area contributed by atoms with Gasteiger partial charge in [0, 0.05) is 0 Å². The van der Waals surface area contributed by atoms with E-state index in [2.05, 4.69) is 26.8 Å². The van der Waals surface area contributed by atoms with Crippen LogP contribution in [0.25, 0.3) is 0 Å². The van der Waals surface area contributed by atoms with Crippen molar-refractivity contribution >= 4 is 0 Å². The van der Waals surface area contributed by atoms with Gasteiger partial charge in [-0.3, -0.25) is 0 Å². The van der Waals surface area contributed by atoms with E-state index in [4.69, 9.17) is 9.47 Å². The minimum absolute atomic E-state index is 0.0985. The molecule has 0 aromatic heterocycles. The molecule has 4 fully saturated rings. The van der Waals surface area contributed by atoms with Crippen molar-refractivity contribution in [2.45, 2.75) is 129 Å². The van der Waals surface area contributed by atoms with Crippen LogP contribution in [-0.4, -0.2) is 35.4 Å². The first-order chi connectivity index (χ1) is 16.3. The molecule has 0 amide bonds. The topological polar surface area (TPSA) is 38.7 Å². The molecule has 6 heteroatoms. The molecule has 1 aliphatic heterocycles. The third-order valence-electron chi connectivity index (χ3n) is 11.2. The summed E-state index contributed by atoms with van der Waals surface area (Å²) in [7, 11) is 0. The lowest BCUT2D eigenvalue weighted by Gasteiger charge is -2.59. The van der Waals surface area contributed by atoms with Crippen LogP contribution in [0, 0.1) is 40.4 Å². The summed E-state index contributed by atoms with van der Waals surface area (Å²) in [6, 6.07) is 0. The molecule has 5 rings (SSSR count). The number of ether oxygens (including phenoxy) is 2. The minimum atomic E-state index is -4.50. The van der Waals surface area contributed by atoms with Crippen molar-refractivity contribution < 1.29 is 27.8 Å². The fourth-order valence-corrected chi connectivity index (χ4v) is 9.61. The van der Waals surface area contributed by atoms with Crippen LogP contribution in [0.15, 0.2) is 11.6 Å². The standard InChI is InChI=1S/C29H45F3O3/c1-17(7-6-8-24(33)29(30,31)32)19-11-12-20-18-9-10-22-25-23(34-26(2,3)35-25)14-16-28(22,5)21(18)13-15-27(19,20)4/h10,17-21,23-25,33H,6-9,11-16H2,1-5H3/t17-,18+,19-,20+,21+,23+,24?,25-,27-,28-/m1/s1. The van der Waals surface area contributed by atoms with Crippen LogP contribution in [0.1, 0.15) is 98.8 Å². The zero-order valence-electron chi connectivity index (χ0n) is 22.2. The van der Waals surface area contributed by atoms with E-state index in [1.807, 2.05) is 13.8 Å². The third-order valence-corrected chi connectivity index (χ3v) is 11.2. The zero-order chi connectivity index (χ0) is 25.4. The molecule has 0 aromatic rings. The number of rotatable bonds is 5. The molecule has 5 aliphatic rings. The summed E-state index contributed by atoms with van der Waals surface area (Å²) < 4.78 is 50.8. The maximum absolute atomic E-state index is 12.7. The molecule has 3 nitrogen and oxygen atoms in total. The van der Waals surface area contributed by atoms with Crippen molar-refractivity contribution in [3.63, 3.8) is 0 Å². The number of aliphatic hydroxyl groups is 1. The number of hydrogen-bond acceptors (Lipinski definition) is 3. The lowest BCUT2D eigenvalue weighted by Crippen LogP contribution is -2.53. The second kappa shape index (κ2) is 8.73. The predicted molar refractivity (Wildman–Crippen MR) is 129 cm³/mol. The number of alkyl halides is 3. The van der Waals surface area contributed by atoms with Gasteiger partial charge in [-0.2, -0.15) is 13.2 Å². The monoisotopic (exact) mass is 498 g/mol. The highest BCUT2D eigenvalue weighted by Crippen LogP contribution is 2.68. The molecule has 10 atom stereocenters. The molecule has 200 valence electrons. The number of hydrogen-bond donors (Lipinski definition) is 1. The molecule has 1 saturated heterocycles. The van der Waals surface area contributed by atoms with Gasteiger partial charge in [0.25, 0.3) is 0 Å². The second-order valence-corrected chi connectivity index (χ2v) is 13.5. The molecular weight excluding hydrogens is 453 g/mol. The van der Waals surface area contributed by atoms with Crippen LogP contribution in [0.4, 0.5) is 13.2 Å². The largest absolute Gasteiger partial charge is 0.414 e. The van der Waals surface area contributed by atoms with Gasteiger partial charge in [0.05, 0.1) is 6.10 Å². The van der Waals surface area contributed by atoms with Gasteiger partial charge in [-0.25, -0.2) is 0 Å². The Morgan fingerprint density at radius 3 is 2.46 bits per heavy atom. The molecule has 0 bridgehead atoms. The van der Waals surface area contributed by atoms with Crippen molar-refractivity contribution in [3.8, 4) is 0 Å². The highest BCUT2D eigenvalue weighted by molar-refractivity contribution is 5.30. The van der Waals surface area contributed by atoms with E-state index >= 15 is 0 Å². The average Bonchev–Trinajstić information content (AvgIpc) is 3.27. The van der Waals surface area contributed by atoms with Crippen molar-refractivity contribution in [2.75, 3.05) is 0 Å². The summed E-state index contributed by atoms with van der Waals surface area (Å²) >= 11 is 0. The van der Waals surface area contributed by atoms with Crippen LogP contribution in [0.5, 0.6) is 0 Å². The molecule has 1 unspecified atom stereocenters. The minimum Gasteiger partial charge on any atom is -0.384 e. The highest BCUT2D eigenvalue weighted by atomic mass is 19.4. The van der Waals surface area contributed by atoms with Crippen LogP contribution in [0.2, 0.25) is 0 Å². The average molecular weight is 499 g/mol. The van der Waals surface area contributed by atoms with Gasteiger partial charge < -0.3 is 14.6 Å². The van der Waals surface area contributed by atoms with Crippen LogP contribution in [-0.2, 0) is 9.47 Å². The predicted octanol–water partition coefficient (Wildman–Crippen LogP) is 7.43.